The molecule has 0 unspecified atom stereocenters. The first-order valence-corrected chi connectivity index (χ1v) is 5.35. The molecule has 9 heteroatoms. The summed E-state index contributed by atoms with van der Waals surface area (Å²) in [7, 11) is 0. The van der Waals surface area contributed by atoms with Crippen LogP contribution in [0.5, 0.6) is 0 Å². The van der Waals surface area contributed by atoms with E-state index in [0.717, 1.165) is 0 Å². The molecule has 1 rings (SSSR count). The summed E-state index contributed by atoms with van der Waals surface area (Å²) in [5.74, 6) is -1.08. The minimum Gasteiger partial charge on any atom is -0.466 e. The van der Waals surface area contributed by atoms with Crippen molar-refractivity contribution in [3.8, 4) is 0 Å². The Morgan fingerprint density at radius 1 is 1.15 bits per heavy atom. The summed E-state index contributed by atoms with van der Waals surface area (Å²) in [4.78, 5) is 14.0. The molecule has 0 aliphatic heterocycles. The highest BCUT2D eigenvalue weighted by Gasteiger charge is 2.38. The van der Waals surface area contributed by atoms with Gasteiger partial charge in [0.2, 0.25) is 0 Å². The molecule has 0 amide bonds. The fraction of sp³-hybridized carbons (Fsp3) is 0.455. The van der Waals surface area contributed by atoms with Gasteiger partial charge in [-0.25, -0.2) is 4.98 Å². The standard InChI is InChI=1S/C11H9F6NO2/c1-2-20-9(19)5-7-6(10(12,13)14)3-4-8(18-7)11(15,16)17/h3-4H,2,5H2,1H3. The van der Waals surface area contributed by atoms with E-state index in [2.05, 4.69) is 9.72 Å². The number of hydrogen-bond acceptors (Lipinski definition) is 3. The summed E-state index contributed by atoms with van der Waals surface area (Å²) >= 11 is 0. The normalized spacial score (nSPS) is 12.3. The number of alkyl halides is 6. The van der Waals surface area contributed by atoms with Crippen LogP contribution in [0.1, 0.15) is 23.9 Å². The van der Waals surface area contributed by atoms with Crippen molar-refractivity contribution in [2.45, 2.75) is 25.7 Å². The number of carbonyl (C=O) groups is 1. The van der Waals surface area contributed by atoms with Crippen molar-refractivity contribution in [3.63, 3.8) is 0 Å². The molecule has 1 aromatic rings. The number of halogens is 6. The van der Waals surface area contributed by atoms with E-state index in [1.165, 1.54) is 6.92 Å². The second kappa shape index (κ2) is 5.68. The first-order chi connectivity index (χ1) is 9.05. The van der Waals surface area contributed by atoms with Crippen LogP contribution in [0.2, 0.25) is 0 Å². The maximum absolute atomic E-state index is 12.6. The van der Waals surface area contributed by atoms with Gasteiger partial charge in [0.15, 0.2) is 0 Å². The lowest BCUT2D eigenvalue weighted by atomic mass is 10.1. The lowest BCUT2D eigenvalue weighted by Gasteiger charge is -2.14. The van der Waals surface area contributed by atoms with Crippen molar-refractivity contribution in [1.82, 2.24) is 4.98 Å². The minimum atomic E-state index is -4.90. The molecular weight excluding hydrogens is 292 g/mol. The Balaban J connectivity index is 3.24. The molecule has 112 valence electrons. The highest BCUT2D eigenvalue weighted by molar-refractivity contribution is 5.72. The molecule has 3 nitrogen and oxygen atoms in total. The molecule has 0 atom stereocenters. The van der Waals surface area contributed by atoms with Crippen LogP contribution in [0.25, 0.3) is 0 Å². The summed E-state index contributed by atoms with van der Waals surface area (Å²) < 4.78 is 79.6. The molecule has 0 spiro atoms. The molecule has 0 aliphatic rings. The molecule has 0 saturated heterocycles. The van der Waals surface area contributed by atoms with Gasteiger partial charge >= 0.3 is 18.3 Å². The molecule has 0 aromatic carbocycles. The van der Waals surface area contributed by atoms with Gasteiger partial charge in [0.1, 0.15) is 5.69 Å². The van der Waals surface area contributed by atoms with Crippen LogP contribution >= 0.6 is 0 Å². The summed E-state index contributed by atoms with van der Waals surface area (Å²) in [6.07, 6.45) is -10.8. The SMILES string of the molecule is CCOC(=O)Cc1nc(C(F)(F)F)ccc1C(F)(F)F. The maximum atomic E-state index is 12.6. The van der Waals surface area contributed by atoms with E-state index in [1.54, 1.807) is 0 Å². The third-order valence-electron chi connectivity index (χ3n) is 2.19. The van der Waals surface area contributed by atoms with Crippen LogP contribution in [-0.2, 0) is 28.3 Å². The van der Waals surface area contributed by atoms with Crippen LogP contribution in [0.3, 0.4) is 0 Å². The molecule has 0 radical (unpaired) electrons. The highest BCUT2D eigenvalue weighted by atomic mass is 19.4. The average molecular weight is 301 g/mol. The van der Waals surface area contributed by atoms with Gasteiger partial charge in [-0.1, -0.05) is 0 Å². The number of esters is 1. The van der Waals surface area contributed by atoms with Gasteiger partial charge in [-0.3, -0.25) is 4.79 Å². The average Bonchev–Trinajstić information content (AvgIpc) is 2.26. The number of carbonyl (C=O) groups excluding carboxylic acids is 1. The number of pyridine rings is 1. The fourth-order valence-electron chi connectivity index (χ4n) is 1.40. The number of hydrogen-bond donors (Lipinski definition) is 0. The van der Waals surface area contributed by atoms with Crippen molar-refractivity contribution in [1.29, 1.82) is 0 Å². The number of ether oxygens (including phenoxy) is 1. The molecule has 0 aliphatic carbocycles. The summed E-state index contributed by atoms with van der Waals surface area (Å²) in [6.45, 7) is 1.32. The minimum absolute atomic E-state index is 0.0981. The molecule has 0 N–H and O–H groups in total. The molecule has 1 aromatic heterocycles. The van der Waals surface area contributed by atoms with Gasteiger partial charge < -0.3 is 4.74 Å². The molecule has 20 heavy (non-hydrogen) atoms. The molecular formula is C11H9F6NO2. The first-order valence-electron chi connectivity index (χ1n) is 5.35. The topological polar surface area (TPSA) is 39.2 Å². The van der Waals surface area contributed by atoms with E-state index in [-0.39, 0.29) is 18.7 Å². The Morgan fingerprint density at radius 2 is 1.75 bits per heavy atom. The van der Waals surface area contributed by atoms with Crippen molar-refractivity contribution in [2.75, 3.05) is 6.61 Å². The van der Waals surface area contributed by atoms with Gasteiger partial charge in [-0.15, -0.1) is 0 Å². The van der Waals surface area contributed by atoms with Crippen molar-refractivity contribution >= 4 is 5.97 Å². The fourth-order valence-corrected chi connectivity index (χ4v) is 1.40. The summed E-state index contributed by atoms with van der Waals surface area (Å²) in [5.41, 5.74) is -3.89. The number of rotatable bonds is 3. The lowest BCUT2D eigenvalue weighted by Crippen LogP contribution is -2.19. The summed E-state index contributed by atoms with van der Waals surface area (Å²) in [5, 5.41) is 0. The third-order valence-corrected chi connectivity index (χ3v) is 2.19. The van der Waals surface area contributed by atoms with E-state index >= 15 is 0 Å². The quantitative estimate of drug-likeness (QED) is 0.635. The predicted octanol–water partition coefficient (Wildman–Crippen LogP) is 3.22. The predicted molar refractivity (Wildman–Crippen MR) is 54.6 cm³/mol. The van der Waals surface area contributed by atoms with Crippen LogP contribution in [0, 0.1) is 0 Å². The van der Waals surface area contributed by atoms with Crippen LogP contribution in [-0.4, -0.2) is 17.6 Å². The van der Waals surface area contributed by atoms with Gasteiger partial charge in [0, 0.05) is 0 Å². The van der Waals surface area contributed by atoms with Gasteiger partial charge in [0.05, 0.1) is 24.3 Å². The van der Waals surface area contributed by atoms with E-state index < -0.39 is 41.7 Å². The van der Waals surface area contributed by atoms with Gasteiger partial charge in [-0.2, -0.15) is 26.3 Å². The Morgan fingerprint density at radius 3 is 2.20 bits per heavy atom. The Labute approximate surface area is 109 Å². The van der Waals surface area contributed by atoms with Crippen molar-refractivity contribution < 1.29 is 35.9 Å². The zero-order chi connectivity index (χ0) is 15.6. The van der Waals surface area contributed by atoms with Crippen molar-refractivity contribution in [3.05, 3.63) is 29.1 Å². The van der Waals surface area contributed by atoms with Crippen LogP contribution in [0.15, 0.2) is 12.1 Å². The second-order valence-corrected chi connectivity index (χ2v) is 3.67. The van der Waals surface area contributed by atoms with E-state index in [0.29, 0.717) is 0 Å². The maximum Gasteiger partial charge on any atom is 0.433 e. The molecule has 0 saturated carbocycles. The number of aromatic nitrogens is 1. The third kappa shape index (κ3) is 4.10. The lowest BCUT2D eigenvalue weighted by molar-refractivity contribution is -0.147. The van der Waals surface area contributed by atoms with Crippen LogP contribution < -0.4 is 0 Å². The van der Waals surface area contributed by atoms with Crippen molar-refractivity contribution in [2.24, 2.45) is 0 Å². The van der Waals surface area contributed by atoms with E-state index in [9.17, 15) is 31.1 Å². The zero-order valence-electron chi connectivity index (χ0n) is 10.1. The Kier molecular flexibility index (Phi) is 4.61. The van der Waals surface area contributed by atoms with Crippen LogP contribution in [0.4, 0.5) is 26.3 Å². The summed E-state index contributed by atoms with van der Waals surface area (Å²) in [6, 6.07) is 0.474. The van der Waals surface area contributed by atoms with Gasteiger partial charge in [-0.05, 0) is 19.1 Å². The molecule has 0 bridgehead atoms. The highest BCUT2D eigenvalue weighted by Crippen LogP contribution is 2.34. The monoisotopic (exact) mass is 301 g/mol. The number of nitrogens with zero attached hydrogens (tertiary/aromatic N) is 1. The Hall–Kier alpha value is -1.80. The Bertz CT molecular complexity index is 495. The second-order valence-electron chi connectivity index (χ2n) is 3.67. The zero-order valence-corrected chi connectivity index (χ0v) is 10.1. The largest absolute Gasteiger partial charge is 0.466 e. The van der Waals surface area contributed by atoms with Gasteiger partial charge in [0.25, 0.3) is 0 Å². The molecule has 1 heterocycles. The van der Waals surface area contributed by atoms with E-state index in [1.807, 2.05) is 0 Å². The smallest absolute Gasteiger partial charge is 0.433 e. The molecule has 0 fully saturated rings. The van der Waals surface area contributed by atoms with E-state index in [4.69, 9.17) is 0 Å². The first kappa shape index (κ1) is 16.3.